The molecule has 0 N–H and O–H groups in total. The fourth-order valence-electron chi connectivity index (χ4n) is 4.56. The average Bonchev–Trinajstić information content (AvgIpc) is 2.74. The summed E-state index contributed by atoms with van der Waals surface area (Å²) in [5.41, 5.74) is 6.16. The third-order valence-electron chi connectivity index (χ3n) is 6.11. The van der Waals surface area contributed by atoms with Crippen LogP contribution in [0, 0.1) is 6.92 Å². The molecule has 28 heavy (non-hydrogen) atoms. The van der Waals surface area contributed by atoms with Crippen molar-refractivity contribution in [2.75, 3.05) is 0 Å². The van der Waals surface area contributed by atoms with E-state index in [0.717, 1.165) is 12.2 Å². The maximum absolute atomic E-state index is 5.10. The van der Waals surface area contributed by atoms with Crippen LogP contribution in [-0.2, 0) is 12.0 Å². The molecule has 1 fully saturated rings. The van der Waals surface area contributed by atoms with E-state index < -0.39 is 0 Å². The lowest BCUT2D eigenvalue weighted by atomic mass is 9.66. The molecule has 0 aliphatic carbocycles. The Morgan fingerprint density at radius 2 is 1.68 bits per heavy atom. The molecule has 0 amide bonds. The average molecular weight is 364 g/mol. The summed E-state index contributed by atoms with van der Waals surface area (Å²) in [6, 6.07) is 28.2. The Balaban J connectivity index is 1.59. The zero-order chi connectivity index (χ0) is 19.1. The summed E-state index contributed by atoms with van der Waals surface area (Å²) in [4.78, 5) is 7.55. The zero-order valence-electron chi connectivity index (χ0n) is 16.3. The SMILES string of the molecule is Cc1ccc2c(c1)CN1C(=N2)[C@](C)(c2ccccc2)[C@@H]1/C=C/c1ccccc1. The maximum Gasteiger partial charge on any atom is 0.118 e. The lowest BCUT2D eigenvalue weighted by molar-refractivity contribution is 0.184. The van der Waals surface area contributed by atoms with Gasteiger partial charge >= 0.3 is 0 Å². The van der Waals surface area contributed by atoms with Gasteiger partial charge in [0, 0.05) is 6.54 Å². The zero-order valence-corrected chi connectivity index (χ0v) is 16.3. The van der Waals surface area contributed by atoms with E-state index in [1.165, 1.54) is 28.1 Å². The highest BCUT2D eigenvalue weighted by atomic mass is 15.3. The molecule has 5 rings (SSSR count). The third kappa shape index (κ3) is 2.60. The molecular formula is C26H24N2. The van der Waals surface area contributed by atoms with Crippen LogP contribution in [0.1, 0.15) is 29.2 Å². The fraction of sp³-hybridized carbons (Fsp3) is 0.192. The van der Waals surface area contributed by atoms with Crippen molar-refractivity contribution in [1.82, 2.24) is 4.90 Å². The van der Waals surface area contributed by atoms with Crippen molar-refractivity contribution in [3.05, 3.63) is 107 Å². The predicted octanol–water partition coefficient (Wildman–Crippen LogP) is 5.89. The van der Waals surface area contributed by atoms with Gasteiger partial charge in [0.05, 0.1) is 17.1 Å². The summed E-state index contributed by atoms with van der Waals surface area (Å²) in [5, 5.41) is 0. The van der Waals surface area contributed by atoms with Crippen LogP contribution in [0.25, 0.3) is 6.08 Å². The Labute approximate surface area is 166 Å². The molecule has 0 spiro atoms. The van der Waals surface area contributed by atoms with Crippen molar-refractivity contribution in [2.45, 2.75) is 31.8 Å². The van der Waals surface area contributed by atoms with E-state index in [2.05, 4.69) is 110 Å². The van der Waals surface area contributed by atoms with E-state index in [9.17, 15) is 0 Å². The Kier molecular flexibility index (Phi) is 3.94. The van der Waals surface area contributed by atoms with Gasteiger partial charge in [0.15, 0.2) is 0 Å². The molecule has 0 bridgehead atoms. The molecule has 2 heteroatoms. The molecule has 2 atom stereocenters. The van der Waals surface area contributed by atoms with Crippen LogP contribution in [0.15, 0.2) is 89.9 Å². The first-order valence-electron chi connectivity index (χ1n) is 9.90. The Morgan fingerprint density at radius 3 is 2.43 bits per heavy atom. The first-order chi connectivity index (χ1) is 13.7. The molecule has 0 saturated carbocycles. The van der Waals surface area contributed by atoms with E-state index >= 15 is 0 Å². The Bertz CT molecular complexity index is 1070. The first kappa shape index (κ1) is 17.0. The van der Waals surface area contributed by atoms with Crippen LogP contribution < -0.4 is 0 Å². The second-order valence-electron chi connectivity index (χ2n) is 7.98. The number of aryl methyl sites for hydroxylation is 1. The minimum atomic E-state index is -0.116. The maximum atomic E-state index is 5.10. The molecule has 138 valence electrons. The molecule has 0 radical (unpaired) electrons. The third-order valence-corrected chi connectivity index (χ3v) is 6.11. The van der Waals surface area contributed by atoms with Gasteiger partial charge in [-0.05, 0) is 36.6 Å². The van der Waals surface area contributed by atoms with Gasteiger partial charge in [0.1, 0.15) is 5.84 Å². The van der Waals surface area contributed by atoms with Gasteiger partial charge in [0.25, 0.3) is 0 Å². The number of aliphatic imine (C=N–C) groups is 1. The molecule has 2 nitrogen and oxygen atoms in total. The van der Waals surface area contributed by atoms with Gasteiger partial charge in [-0.1, -0.05) is 90.5 Å². The van der Waals surface area contributed by atoms with E-state index in [1.54, 1.807) is 0 Å². The summed E-state index contributed by atoms with van der Waals surface area (Å²) < 4.78 is 0. The number of rotatable bonds is 3. The number of fused-ring (bicyclic) bond motifs is 2. The highest BCUT2D eigenvalue weighted by Crippen LogP contribution is 2.48. The van der Waals surface area contributed by atoms with E-state index in [4.69, 9.17) is 4.99 Å². The Hall–Kier alpha value is -3.13. The molecule has 3 aromatic carbocycles. The van der Waals surface area contributed by atoms with Crippen molar-refractivity contribution >= 4 is 17.6 Å². The van der Waals surface area contributed by atoms with Crippen molar-refractivity contribution < 1.29 is 0 Å². The topological polar surface area (TPSA) is 15.6 Å². The summed E-state index contributed by atoms with van der Waals surface area (Å²) in [7, 11) is 0. The number of amidine groups is 1. The molecule has 0 unspecified atom stereocenters. The largest absolute Gasteiger partial charge is 0.347 e. The number of hydrogen-bond donors (Lipinski definition) is 0. The van der Waals surface area contributed by atoms with Crippen LogP contribution >= 0.6 is 0 Å². The summed E-state index contributed by atoms with van der Waals surface area (Å²) in [5.74, 6) is 1.18. The van der Waals surface area contributed by atoms with Crippen molar-refractivity contribution in [3.8, 4) is 0 Å². The summed E-state index contributed by atoms with van der Waals surface area (Å²) >= 11 is 0. The van der Waals surface area contributed by atoms with E-state index in [-0.39, 0.29) is 11.5 Å². The number of benzene rings is 3. The smallest absolute Gasteiger partial charge is 0.118 e. The standard InChI is InChI=1S/C26H24N2/c1-19-13-15-23-21(17-19)18-28-24(16-14-20-9-5-3-6-10-20)26(2,25(28)27-23)22-11-7-4-8-12-22/h3-17,24H,18H2,1-2H3/b16-14+/t24-,26+/m0/s1. The first-order valence-corrected chi connectivity index (χ1v) is 9.90. The lowest BCUT2D eigenvalue weighted by Gasteiger charge is -2.58. The predicted molar refractivity (Wildman–Crippen MR) is 117 cm³/mol. The fourth-order valence-corrected chi connectivity index (χ4v) is 4.56. The van der Waals surface area contributed by atoms with Gasteiger partial charge in [-0.25, -0.2) is 4.99 Å². The van der Waals surface area contributed by atoms with Crippen LogP contribution in [-0.4, -0.2) is 16.8 Å². The van der Waals surface area contributed by atoms with Crippen LogP contribution in [0.4, 0.5) is 5.69 Å². The number of hydrogen-bond acceptors (Lipinski definition) is 2. The van der Waals surface area contributed by atoms with Gasteiger partial charge < -0.3 is 4.90 Å². The highest BCUT2D eigenvalue weighted by Gasteiger charge is 2.55. The quantitative estimate of drug-likeness (QED) is 0.565. The number of nitrogens with zero attached hydrogens (tertiary/aromatic N) is 2. The highest BCUT2D eigenvalue weighted by molar-refractivity contribution is 6.03. The lowest BCUT2D eigenvalue weighted by Crippen LogP contribution is -2.69. The minimum Gasteiger partial charge on any atom is -0.347 e. The molecule has 0 aromatic heterocycles. The normalized spacial score (nSPS) is 23.0. The van der Waals surface area contributed by atoms with Gasteiger partial charge in [-0.15, -0.1) is 0 Å². The van der Waals surface area contributed by atoms with E-state index in [1.807, 2.05) is 0 Å². The summed E-state index contributed by atoms with van der Waals surface area (Å²) in [6.45, 7) is 5.40. The molecule has 1 saturated heterocycles. The Morgan fingerprint density at radius 1 is 0.964 bits per heavy atom. The molecule has 2 aliphatic rings. The molecular weight excluding hydrogens is 340 g/mol. The van der Waals surface area contributed by atoms with Crippen molar-refractivity contribution in [1.29, 1.82) is 0 Å². The monoisotopic (exact) mass is 364 g/mol. The van der Waals surface area contributed by atoms with Crippen LogP contribution in [0.5, 0.6) is 0 Å². The second-order valence-corrected chi connectivity index (χ2v) is 7.98. The molecule has 2 aliphatic heterocycles. The van der Waals surface area contributed by atoms with Crippen molar-refractivity contribution in [3.63, 3.8) is 0 Å². The van der Waals surface area contributed by atoms with Crippen LogP contribution in [0.3, 0.4) is 0 Å². The van der Waals surface area contributed by atoms with Gasteiger partial charge in [-0.3, -0.25) is 0 Å². The molecule has 3 aromatic rings. The van der Waals surface area contributed by atoms with E-state index in [0.29, 0.717) is 0 Å². The second kappa shape index (κ2) is 6.49. The van der Waals surface area contributed by atoms with Crippen LogP contribution in [0.2, 0.25) is 0 Å². The van der Waals surface area contributed by atoms with Gasteiger partial charge in [0.2, 0.25) is 0 Å². The van der Waals surface area contributed by atoms with Crippen molar-refractivity contribution in [2.24, 2.45) is 4.99 Å². The molecule has 2 heterocycles. The summed E-state index contributed by atoms with van der Waals surface area (Å²) in [6.07, 6.45) is 4.59. The van der Waals surface area contributed by atoms with Gasteiger partial charge in [-0.2, -0.15) is 0 Å². The minimum absolute atomic E-state index is 0.116.